The number of hydrogen-bond donors (Lipinski definition) is 0. The summed E-state index contributed by atoms with van der Waals surface area (Å²) in [5.74, 6) is 0. The molecule has 2 heterocycles. The minimum absolute atomic E-state index is 0.190. The molecule has 12 heavy (non-hydrogen) atoms. The number of ether oxygens (including phenoxy) is 2. The summed E-state index contributed by atoms with van der Waals surface area (Å²) in [5.41, 5.74) is 1.74. The second-order valence-corrected chi connectivity index (χ2v) is 4.39. The molecule has 2 heteroatoms. The Morgan fingerprint density at radius 2 is 2.42 bits per heavy atom. The van der Waals surface area contributed by atoms with E-state index in [0.717, 1.165) is 0 Å². The summed E-state index contributed by atoms with van der Waals surface area (Å²) in [4.78, 5) is 0. The highest BCUT2D eigenvalue weighted by molar-refractivity contribution is 5.39. The summed E-state index contributed by atoms with van der Waals surface area (Å²) < 4.78 is 11.3. The van der Waals surface area contributed by atoms with Gasteiger partial charge in [-0.2, -0.15) is 0 Å². The van der Waals surface area contributed by atoms with Gasteiger partial charge in [-0.15, -0.1) is 0 Å². The predicted octanol–water partition coefficient (Wildman–Crippen LogP) is 1.41. The van der Waals surface area contributed by atoms with Crippen molar-refractivity contribution < 1.29 is 9.47 Å². The van der Waals surface area contributed by atoms with Gasteiger partial charge in [0, 0.05) is 0 Å². The van der Waals surface area contributed by atoms with Crippen molar-refractivity contribution >= 4 is 0 Å². The summed E-state index contributed by atoms with van der Waals surface area (Å²) in [5, 5.41) is 0. The lowest BCUT2D eigenvalue weighted by atomic mass is 9.77. The van der Waals surface area contributed by atoms with Crippen LogP contribution in [0.15, 0.2) is 11.6 Å². The van der Waals surface area contributed by atoms with Crippen molar-refractivity contribution in [3.05, 3.63) is 11.6 Å². The lowest BCUT2D eigenvalue weighted by Crippen LogP contribution is -2.28. The fraction of sp³-hybridized carbons (Fsp3) is 0.800. The van der Waals surface area contributed by atoms with Crippen LogP contribution in [0.1, 0.15) is 25.7 Å². The average molecular weight is 164 g/mol. The van der Waals surface area contributed by atoms with Crippen LogP contribution in [0, 0.1) is 0 Å². The fourth-order valence-corrected chi connectivity index (χ4v) is 3.00. The lowest BCUT2D eigenvalue weighted by Gasteiger charge is -2.23. The highest BCUT2D eigenvalue weighted by atomic mass is 16.7. The van der Waals surface area contributed by atoms with E-state index in [-0.39, 0.29) is 5.60 Å². The van der Waals surface area contributed by atoms with Crippen LogP contribution in [0.3, 0.4) is 0 Å². The van der Waals surface area contributed by atoms with E-state index in [1.807, 2.05) is 0 Å². The first kappa shape index (κ1) is 6.17. The first-order valence-corrected chi connectivity index (χ1v) is 4.95. The van der Waals surface area contributed by atoms with Crippen molar-refractivity contribution in [2.24, 2.45) is 0 Å². The molecule has 2 saturated heterocycles. The van der Waals surface area contributed by atoms with Crippen LogP contribution in [-0.2, 0) is 9.47 Å². The Bertz CT molecular complexity index is 284. The molecule has 0 bridgehead atoms. The van der Waals surface area contributed by atoms with Gasteiger partial charge in [0.05, 0.1) is 0 Å². The van der Waals surface area contributed by atoms with E-state index < -0.39 is 0 Å². The molecule has 1 spiro atoms. The molecule has 64 valence electrons. The Hall–Kier alpha value is -0.340. The molecule has 0 aromatic carbocycles. The minimum Gasteiger partial charge on any atom is -0.362 e. The van der Waals surface area contributed by atoms with Gasteiger partial charge in [0.1, 0.15) is 23.9 Å². The second-order valence-electron chi connectivity index (χ2n) is 4.39. The molecule has 2 aliphatic carbocycles. The zero-order valence-electron chi connectivity index (χ0n) is 6.95. The van der Waals surface area contributed by atoms with E-state index in [0.29, 0.717) is 18.3 Å². The fourth-order valence-electron chi connectivity index (χ4n) is 3.00. The van der Waals surface area contributed by atoms with Crippen molar-refractivity contribution in [3.63, 3.8) is 0 Å². The standard InChI is InChI=1S/C10H12O2/c1-2-4-10-6(3-1)5-7-8(11-7)9(10)12-10/h5,7-9H,1-4H2. The topological polar surface area (TPSA) is 25.1 Å². The number of rotatable bonds is 0. The third-order valence-electron chi connectivity index (χ3n) is 3.75. The Balaban J connectivity index is 1.82. The van der Waals surface area contributed by atoms with Gasteiger partial charge in [-0.1, -0.05) is 6.08 Å². The summed E-state index contributed by atoms with van der Waals surface area (Å²) in [6.45, 7) is 0. The van der Waals surface area contributed by atoms with Crippen LogP contribution < -0.4 is 0 Å². The van der Waals surface area contributed by atoms with Crippen molar-refractivity contribution in [1.82, 2.24) is 0 Å². The maximum absolute atomic E-state index is 5.83. The van der Waals surface area contributed by atoms with Gasteiger partial charge < -0.3 is 9.47 Å². The summed E-state index contributed by atoms with van der Waals surface area (Å²) in [6.07, 6.45) is 8.83. The van der Waals surface area contributed by atoms with E-state index in [1.165, 1.54) is 25.7 Å². The van der Waals surface area contributed by atoms with Gasteiger partial charge >= 0.3 is 0 Å². The van der Waals surface area contributed by atoms with E-state index in [4.69, 9.17) is 9.47 Å². The maximum Gasteiger partial charge on any atom is 0.121 e. The normalized spacial score (nSPS) is 59.3. The molecule has 0 aromatic heterocycles. The van der Waals surface area contributed by atoms with Gasteiger partial charge in [0.15, 0.2) is 0 Å². The minimum atomic E-state index is 0.190. The van der Waals surface area contributed by atoms with Crippen LogP contribution in [0.5, 0.6) is 0 Å². The molecule has 2 aliphatic heterocycles. The highest BCUT2D eigenvalue weighted by Crippen LogP contribution is 2.60. The Morgan fingerprint density at radius 1 is 1.42 bits per heavy atom. The van der Waals surface area contributed by atoms with E-state index in [1.54, 1.807) is 5.57 Å². The number of fused-ring (bicyclic) bond motifs is 2. The largest absolute Gasteiger partial charge is 0.362 e. The summed E-state index contributed by atoms with van der Waals surface area (Å²) in [6, 6.07) is 0. The predicted molar refractivity (Wildman–Crippen MR) is 42.8 cm³/mol. The molecular weight excluding hydrogens is 152 g/mol. The van der Waals surface area contributed by atoms with E-state index in [2.05, 4.69) is 6.08 Å². The molecular formula is C10H12O2. The summed E-state index contributed by atoms with van der Waals surface area (Å²) >= 11 is 0. The van der Waals surface area contributed by atoms with Crippen LogP contribution in [0.25, 0.3) is 0 Å². The van der Waals surface area contributed by atoms with Crippen LogP contribution in [0.2, 0.25) is 0 Å². The van der Waals surface area contributed by atoms with E-state index in [9.17, 15) is 0 Å². The monoisotopic (exact) mass is 164 g/mol. The summed E-state index contributed by atoms with van der Waals surface area (Å²) in [7, 11) is 0. The zero-order chi connectivity index (χ0) is 7.76. The van der Waals surface area contributed by atoms with Crippen molar-refractivity contribution in [2.45, 2.75) is 49.6 Å². The van der Waals surface area contributed by atoms with Crippen LogP contribution >= 0.6 is 0 Å². The quantitative estimate of drug-likeness (QED) is 0.399. The molecule has 4 unspecified atom stereocenters. The van der Waals surface area contributed by atoms with Crippen molar-refractivity contribution in [3.8, 4) is 0 Å². The van der Waals surface area contributed by atoms with Crippen molar-refractivity contribution in [1.29, 1.82) is 0 Å². The molecule has 0 N–H and O–H groups in total. The Kier molecular flexibility index (Phi) is 0.840. The molecule has 4 atom stereocenters. The van der Waals surface area contributed by atoms with Crippen molar-refractivity contribution in [2.75, 3.05) is 0 Å². The second kappa shape index (κ2) is 1.64. The molecule has 1 saturated carbocycles. The Morgan fingerprint density at radius 3 is 3.42 bits per heavy atom. The molecule has 0 amide bonds. The van der Waals surface area contributed by atoms with Gasteiger partial charge in [-0.3, -0.25) is 0 Å². The van der Waals surface area contributed by atoms with Gasteiger partial charge in [0.2, 0.25) is 0 Å². The first-order chi connectivity index (χ1) is 5.90. The third-order valence-corrected chi connectivity index (χ3v) is 3.75. The maximum atomic E-state index is 5.83. The Labute approximate surface area is 71.5 Å². The zero-order valence-corrected chi connectivity index (χ0v) is 6.95. The molecule has 0 radical (unpaired) electrons. The number of hydrogen-bond acceptors (Lipinski definition) is 2. The number of epoxide rings is 2. The molecule has 2 nitrogen and oxygen atoms in total. The average Bonchev–Trinajstić information content (AvgIpc) is 2.92. The van der Waals surface area contributed by atoms with Crippen LogP contribution in [0.4, 0.5) is 0 Å². The molecule has 0 aromatic rings. The third kappa shape index (κ3) is 0.539. The highest BCUT2D eigenvalue weighted by Gasteiger charge is 2.71. The lowest BCUT2D eigenvalue weighted by molar-refractivity contribution is 0.267. The van der Waals surface area contributed by atoms with Crippen LogP contribution in [-0.4, -0.2) is 23.9 Å². The SMILES string of the molecule is C1=C2CCCCC23OC3C2OC12. The van der Waals surface area contributed by atoms with Gasteiger partial charge in [-0.25, -0.2) is 0 Å². The smallest absolute Gasteiger partial charge is 0.121 e. The van der Waals surface area contributed by atoms with Gasteiger partial charge in [-0.05, 0) is 31.3 Å². The van der Waals surface area contributed by atoms with Gasteiger partial charge in [0.25, 0.3) is 0 Å². The molecule has 3 fully saturated rings. The molecule has 4 rings (SSSR count). The first-order valence-electron chi connectivity index (χ1n) is 4.95. The molecule has 4 aliphatic rings. The van der Waals surface area contributed by atoms with E-state index >= 15 is 0 Å².